The van der Waals surface area contributed by atoms with Crippen molar-refractivity contribution in [2.45, 2.75) is 57.0 Å². The lowest BCUT2D eigenvalue weighted by atomic mass is 9.84. The maximum atomic E-state index is 11.6. The fourth-order valence-electron chi connectivity index (χ4n) is 3.66. The molecule has 28 heavy (non-hydrogen) atoms. The minimum Gasteiger partial charge on any atom is -0.489 e. The Kier molecular flexibility index (Phi) is 4.49. The van der Waals surface area contributed by atoms with E-state index in [9.17, 15) is 15.0 Å². The number of rotatable bonds is 4. The topological polar surface area (TPSA) is 102 Å². The first-order valence-corrected chi connectivity index (χ1v) is 9.32. The van der Waals surface area contributed by atoms with Crippen LogP contribution in [-0.2, 0) is 4.74 Å². The Morgan fingerprint density at radius 1 is 1.25 bits per heavy atom. The van der Waals surface area contributed by atoms with Crippen molar-refractivity contribution in [3.63, 3.8) is 0 Å². The molecule has 0 spiro atoms. The van der Waals surface area contributed by atoms with Crippen molar-refractivity contribution in [2.24, 2.45) is 0 Å². The van der Waals surface area contributed by atoms with E-state index in [-0.39, 0.29) is 6.61 Å². The lowest BCUT2D eigenvalue weighted by Gasteiger charge is -2.44. The van der Waals surface area contributed by atoms with Crippen LogP contribution in [0, 0.1) is 0 Å². The van der Waals surface area contributed by atoms with E-state index in [2.05, 4.69) is 0 Å². The van der Waals surface area contributed by atoms with Crippen LogP contribution in [0.4, 0.5) is 0 Å². The molecular formula is C21H24O7. The second-order valence-electron chi connectivity index (χ2n) is 8.18. The summed E-state index contributed by atoms with van der Waals surface area (Å²) in [5.74, 6) is 0.495. The lowest BCUT2D eigenvalue weighted by Crippen LogP contribution is -2.55. The van der Waals surface area contributed by atoms with Gasteiger partial charge in [0.2, 0.25) is 0 Å². The average Bonchev–Trinajstić information content (AvgIpc) is 3.06. The Morgan fingerprint density at radius 3 is 2.75 bits per heavy atom. The first kappa shape index (κ1) is 19.0. The van der Waals surface area contributed by atoms with Crippen LogP contribution in [-0.4, -0.2) is 40.2 Å². The number of ether oxygens (including phenoxy) is 2. The van der Waals surface area contributed by atoms with E-state index < -0.39 is 29.0 Å². The predicted molar refractivity (Wildman–Crippen MR) is 103 cm³/mol. The highest BCUT2D eigenvalue weighted by Crippen LogP contribution is 2.37. The zero-order chi connectivity index (χ0) is 20.1. The fourth-order valence-corrected chi connectivity index (χ4v) is 3.66. The third kappa shape index (κ3) is 3.41. The summed E-state index contributed by atoms with van der Waals surface area (Å²) in [4.78, 5) is 11.6. The molecule has 1 aromatic carbocycles. The molecule has 7 nitrogen and oxygen atoms in total. The maximum Gasteiger partial charge on any atom is 0.336 e. The Labute approximate surface area is 161 Å². The van der Waals surface area contributed by atoms with Crippen LogP contribution >= 0.6 is 0 Å². The van der Waals surface area contributed by atoms with E-state index in [1.807, 2.05) is 0 Å². The third-order valence-corrected chi connectivity index (χ3v) is 5.41. The van der Waals surface area contributed by atoms with Crippen LogP contribution in [0.3, 0.4) is 0 Å². The van der Waals surface area contributed by atoms with Crippen molar-refractivity contribution >= 4 is 21.9 Å². The Hall–Kier alpha value is -2.35. The molecule has 3 heterocycles. The van der Waals surface area contributed by atoms with Crippen LogP contribution in [0.15, 0.2) is 44.2 Å². The number of furan rings is 1. The first-order valence-electron chi connectivity index (χ1n) is 9.32. The third-order valence-electron chi connectivity index (χ3n) is 5.41. The van der Waals surface area contributed by atoms with Gasteiger partial charge in [-0.05, 0) is 45.7 Å². The van der Waals surface area contributed by atoms with Crippen molar-refractivity contribution in [2.75, 3.05) is 6.61 Å². The van der Waals surface area contributed by atoms with Crippen LogP contribution < -0.4 is 10.4 Å². The highest BCUT2D eigenvalue weighted by molar-refractivity contribution is 6.01. The van der Waals surface area contributed by atoms with E-state index in [1.54, 1.807) is 39.0 Å². The van der Waals surface area contributed by atoms with E-state index in [0.29, 0.717) is 35.1 Å². The lowest BCUT2D eigenvalue weighted by molar-refractivity contribution is -0.216. The SMILES string of the molecule is CC(C)(O)[C@@H]1CC[C@@](C)(O)[C@@H](COc2c3ccoc3cc3oc(=O)ccc23)O1. The summed E-state index contributed by atoms with van der Waals surface area (Å²) in [6, 6.07) is 6.40. The van der Waals surface area contributed by atoms with Crippen molar-refractivity contribution in [1.82, 2.24) is 0 Å². The van der Waals surface area contributed by atoms with Gasteiger partial charge in [0.25, 0.3) is 0 Å². The average molecular weight is 388 g/mol. The number of hydrogen-bond donors (Lipinski definition) is 2. The smallest absolute Gasteiger partial charge is 0.336 e. The van der Waals surface area contributed by atoms with Crippen LogP contribution in [0.25, 0.3) is 21.9 Å². The van der Waals surface area contributed by atoms with Gasteiger partial charge in [-0.15, -0.1) is 0 Å². The van der Waals surface area contributed by atoms with Crippen LogP contribution in [0.5, 0.6) is 5.75 Å². The molecule has 0 saturated carbocycles. The maximum absolute atomic E-state index is 11.6. The molecule has 2 aromatic heterocycles. The predicted octanol–water partition coefficient (Wildman–Crippen LogP) is 2.99. The summed E-state index contributed by atoms with van der Waals surface area (Å²) < 4.78 is 22.8. The van der Waals surface area contributed by atoms with Crippen molar-refractivity contribution in [1.29, 1.82) is 0 Å². The molecule has 3 atom stereocenters. The minimum atomic E-state index is -1.09. The zero-order valence-electron chi connectivity index (χ0n) is 16.1. The van der Waals surface area contributed by atoms with Gasteiger partial charge < -0.3 is 28.5 Å². The molecule has 2 N–H and O–H groups in total. The van der Waals surface area contributed by atoms with Crippen LogP contribution in [0.2, 0.25) is 0 Å². The molecule has 7 heteroatoms. The summed E-state index contributed by atoms with van der Waals surface area (Å²) in [6.45, 7) is 5.16. The van der Waals surface area contributed by atoms with E-state index in [1.165, 1.54) is 12.3 Å². The molecule has 0 radical (unpaired) electrons. The minimum absolute atomic E-state index is 0.0676. The first-order chi connectivity index (χ1) is 13.1. The monoisotopic (exact) mass is 388 g/mol. The Bertz CT molecular complexity index is 1050. The van der Waals surface area contributed by atoms with Gasteiger partial charge in [-0.2, -0.15) is 0 Å². The summed E-state index contributed by atoms with van der Waals surface area (Å²) in [5, 5.41) is 22.4. The molecular weight excluding hydrogens is 364 g/mol. The van der Waals surface area contributed by atoms with Gasteiger partial charge in [0.1, 0.15) is 29.6 Å². The highest BCUT2D eigenvalue weighted by atomic mass is 16.6. The largest absolute Gasteiger partial charge is 0.489 e. The fraction of sp³-hybridized carbons (Fsp3) is 0.476. The molecule has 150 valence electrons. The van der Waals surface area contributed by atoms with Gasteiger partial charge >= 0.3 is 5.63 Å². The molecule has 4 rings (SSSR count). The quantitative estimate of drug-likeness (QED) is 0.663. The number of fused-ring (bicyclic) bond motifs is 2. The van der Waals surface area contributed by atoms with Gasteiger partial charge in [-0.1, -0.05) is 0 Å². The summed E-state index contributed by atoms with van der Waals surface area (Å²) in [7, 11) is 0. The molecule has 0 amide bonds. The summed E-state index contributed by atoms with van der Waals surface area (Å²) in [6.07, 6.45) is 1.54. The normalized spacial score (nSPS) is 26.0. The molecule has 0 bridgehead atoms. The summed E-state index contributed by atoms with van der Waals surface area (Å²) >= 11 is 0. The standard InChI is InChI=1S/C21H24O7/c1-20(2,23)16-6-8-21(3,24)17(28-16)11-26-19-12-4-5-18(22)27-15(12)10-14-13(19)7-9-25-14/h4-5,7,9-10,16-17,23-24H,6,8,11H2,1-3H3/t16-,17+,21+/m0/s1. The molecule has 0 aliphatic carbocycles. The van der Waals surface area contributed by atoms with Crippen LogP contribution in [0.1, 0.15) is 33.6 Å². The van der Waals surface area contributed by atoms with E-state index >= 15 is 0 Å². The number of benzene rings is 1. The second kappa shape index (κ2) is 6.62. The second-order valence-corrected chi connectivity index (χ2v) is 8.18. The van der Waals surface area contributed by atoms with Gasteiger partial charge in [0.05, 0.1) is 34.3 Å². The molecule has 1 fully saturated rings. The van der Waals surface area contributed by atoms with E-state index in [0.717, 1.165) is 5.39 Å². The molecule has 1 aliphatic rings. The van der Waals surface area contributed by atoms with Gasteiger partial charge in [0, 0.05) is 12.1 Å². The molecule has 0 unspecified atom stereocenters. The van der Waals surface area contributed by atoms with Gasteiger partial charge in [0.15, 0.2) is 0 Å². The van der Waals surface area contributed by atoms with Crippen molar-refractivity contribution in [3.05, 3.63) is 40.9 Å². The number of aliphatic hydroxyl groups is 2. The highest BCUT2D eigenvalue weighted by Gasteiger charge is 2.44. The zero-order valence-corrected chi connectivity index (χ0v) is 16.1. The molecule has 3 aromatic rings. The summed E-state index contributed by atoms with van der Waals surface area (Å²) in [5.41, 5.74) is -1.68. The molecule has 1 aliphatic heterocycles. The van der Waals surface area contributed by atoms with Gasteiger partial charge in [-0.25, -0.2) is 4.79 Å². The van der Waals surface area contributed by atoms with E-state index in [4.69, 9.17) is 18.3 Å². The molecule has 1 saturated heterocycles. The Morgan fingerprint density at radius 2 is 2.00 bits per heavy atom. The number of hydrogen-bond acceptors (Lipinski definition) is 7. The Balaban J connectivity index is 1.67. The van der Waals surface area contributed by atoms with Gasteiger partial charge in [-0.3, -0.25) is 0 Å². The van der Waals surface area contributed by atoms with Crippen molar-refractivity contribution in [3.8, 4) is 5.75 Å². The van der Waals surface area contributed by atoms with Crippen molar-refractivity contribution < 1.29 is 28.5 Å².